The van der Waals surface area contributed by atoms with E-state index in [0.29, 0.717) is 18.2 Å². The fraction of sp³-hybridized carbons (Fsp3) is 0.222. The number of halogens is 1. The second kappa shape index (κ2) is 11.0. The van der Waals surface area contributed by atoms with E-state index >= 15 is 0 Å². The Morgan fingerprint density at radius 1 is 0.970 bits per heavy atom. The maximum Gasteiger partial charge on any atom is 0.156 e. The molecule has 4 rings (SSSR count). The van der Waals surface area contributed by atoms with Gasteiger partial charge in [-0.1, -0.05) is 76.9 Å². The van der Waals surface area contributed by atoms with Crippen LogP contribution in [0.4, 0.5) is 11.4 Å². The molecule has 0 fully saturated rings. The quantitative estimate of drug-likeness (QED) is 0.279. The van der Waals surface area contributed by atoms with Crippen molar-refractivity contribution in [3.8, 4) is 11.3 Å². The van der Waals surface area contributed by atoms with Gasteiger partial charge in [-0.05, 0) is 37.1 Å². The summed E-state index contributed by atoms with van der Waals surface area (Å²) >= 11 is 6.29. The van der Waals surface area contributed by atoms with E-state index in [1.54, 1.807) is 7.11 Å². The van der Waals surface area contributed by atoms with E-state index in [1.807, 2.05) is 48.5 Å². The first-order valence-electron chi connectivity index (χ1n) is 11.0. The highest BCUT2D eigenvalue weighted by Gasteiger charge is 2.13. The van der Waals surface area contributed by atoms with Crippen LogP contribution in [0.2, 0.25) is 5.02 Å². The molecule has 0 aliphatic carbocycles. The first kappa shape index (κ1) is 22.9. The number of aryl methyl sites for hydroxylation is 1. The summed E-state index contributed by atoms with van der Waals surface area (Å²) < 4.78 is 11.0. The number of nitrogens with one attached hydrogen (secondary N) is 2. The number of ether oxygens (including phenoxy) is 1. The van der Waals surface area contributed by atoms with Crippen LogP contribution in [0.25, 0.3) is 11.3 Å². The molecule has 1 aromatic heterocycles. The van der Waals surface area contributed by atoms with Gasteiger partial charge < -0.3 is 19.9 Å². The number of nitrogens with zero attached hydrogens (tertiary/aromatic N) is 1. The topological polar surface area (TPSA) is 59.3 Å². The van der Waals surface area contributed by atoms with Gasteiger partial charge in [-0.3, -0.25) is 0 Å². The van der Waals surface area contributed by atoms with Crippen molar-refractivity contribution in [2.45, 2.75) is 25.9 Å². The fourth-order valence-corrected chi connectivity index (χ4v) is 3.95. The number of aromatic nitrogens is 1. The molecule has 5 nitrogen and oxygen atoms in total. The van der Waals surface area contributed by atoms with Crippen LogP contribution in [-0.4, -0.2) is 24.9 Å². The van der Waals surface area contributed by atoms with Crippen LogP contribution in [-0.2, 0) is 17.7 Å². The number of benzene rings is 3. The van der Waals surface area contributed by atoms with Crippen molar-refractivity contribution in [2.24, 2.45) is 0 Å². The zero-order valence-corrected chi connectivity index (χ0v) is 19.6. The highest BCUT2D eigenvalue weighted by Crippen LogP contribution is 2.28. The first-order valence-corrected chi connectivity index (χ1v) is 11.3. The van der Waals surface area contributed by atoms with Gasteiger partial charge in [0.15, 0.2) is 5.76 Å². The Balaban J connectivity index is 1.43. The fourth-order valence-electron chi connectivity index (χ4n) is 3.72. The van der Waals surface area contributed by atoms with Gasteiger partial charge in [-0.15, -0.1) is 0 Å². The Morgan fingerprint density at radius 2 is 1.70 bits per heavy atom. The smallest absolute Gasteiger partial charge is 0.156 e. The third-order valence-corrected chi connectivity index (χ3v) is 5.75. The third kappa shape index (κ3) is 6.15. The van der Waals surface area contributed by atoms with E-state index in [2.05, 4.69) is 53.0 Å². The summed E-state index contributed by atoms with van der Waals surface area (Å²) in [5.74, 6) is 0.729. The Labute approximate surface area is 199 Å². The monoisotopic (exact) mass is 461 g/mol. The van der Waals surface area contributed by atoms with Gasteiger partial charge in [-0.2, -0.15) is 0 Å². The lowest BCUT2D eigenvalue weighted by Gasteiger charge is -2.22. The molecule has 0 aliphatic heterocycles. The summed E-state index contributed by atoms with van der Waals surface area (Å²) in [7, 11) is 1.73. The highest BCUT2D eigenvalue weighted by molar-refractivity contribution is 6.33. The number of rotatable bonds is 10. The summed E-state index contributed by atoms with van der Waals surface area (Å²) in [5.41, 5.74) is 6.11. The van der Waals surface area contributed by atoms with E-state index in [1.165, 1.54) is 11.1 Å². The summed E-state index contributed by atoms with van der Waals surface area (Å²) in [6.07, 6.45) is 0.867. The molecule has 1 unspecified atom stereocenters. The molecule has 0 spiro atoms. The summed E-state index contributed by atoms with van der Waals surface area (Å²) in [6, 6.07) is 26.4. The van der Waals surface area contributed by atoms with Crippen LogP contribution in [0.5, 0.6) is 0 Å². The molecule has 1 heterocycles. The zero-order valence-electron chi connectivity index (χ0n) is 18.8. The van der Waals surface area contributed by atoms with E-state index in [0.717, 1.165) is 34.8 Å². The van der Waals surface area contributed by atoms with Gasteiger partial charge >= 0.3 is 0 Å². The largest absolute Gasteiger partial charge is 0.383 e. The van der Waals surface area contributed by atoms with Gasteiger partial charge in [0.1, 0.15) is 5.69 Å². The molecular formula is C27H28ClN3O2. The minimum absolute atomic E-state index is 0.137. The van der Waals surface area contributed by atoms with Crippen molar-refractivity contribution in [3.63, 3.8) is 0 Å². The van der Waals surface area contributed by atoms with Gasteiger partial charge in [0.2, 0.25) is 0 Å². The molecule has 0 aliphatic rings. The number of hydrogen-bond donors (Lipinski definition) is 2. The first-order chi connectivity index (χ1) is 16.1. The Morgan fingerprint density at radius 3 is 2.45 bits per heavy atom. The maximum atomic E-state index is 6.29. The van der Waals surface area contributed by atoms with Crippen LogP contribution < -0.4 is 10.6 Å². The average Bonchev–Trinajstić information content (AvgIpc) is 3.29. The van der Waals surface area contributed by atoms with Crippen molar-refractivity contribution in [1.29, 1.82) is 0 Å². The predicted molar refractivity (Wildman–Crippen MR) is 135 cm³/mol. The number of methoxy groups -OCH3 is 1. The van der Waals surface area contributed by atoms with Gasteiger partial charge in [0, 0.05) is 18.7 Å². The molecule has 2 N–H and O–H groups in total. The van der Waals surface area contributed by atoms with Gasteiger partial charge in [0.05, 0.1) is 35.6 Å². The molecule has 0 bridgehead atoms. The Hall–Kier alpha value is -3.28. The standard InChI is InChI=1S/C27H28ClN3O2/c1-19-11-13-20(14-12-19)15-21(18-32-2)30-26-10-6-5-9-25(26)29-17-22-16-27(31-33-22)23-7-3-4-8-24(23)28/h3-14,16,21,29-30H,15,17-18H2,1-2H3. The number of anilines is 2. The summed E-state index contributed by atoms with van der Waals surface area (Å²) in [4.78, 5) is 0. The minimum Gasteiger partial charge on any atom is -0.383 e. The van der Waals surface area contributed by atoms with Crippen molar-refractivity contribution in [2.75, 3.05) is 24.4 Å². The lowest BCUT2D eigenvalue weighted by Crippen LogP contribution is -2.28. The molecule has 6 heteroatoms. The van der Waals surface area contributed by atoms with Crippen molar-refractivity contribution in [1.82, 2.24) is 5.16 Å². The van der Waals surface area contributed by atoms with Crippen molar-refractivity contribution < 1.29 is 9.26 Å². The van der Waals surface area contributed by atoms with E-state index in [-0.39, 0.29) is 6.04 Å². The molecule has 33 heavy (non-hydrogen) atoms. The Kier molecular flexibility index (Phi) is 7.66. The Bertz CT molecular complexity index is 1170. The molecule has 0 amide bonds. The lowest BCUT2D eigenvalue weighted by atomic mass is 10.0. The van der Waals surface area contributed by atoms with Gasteiger partial charge in [0.25, 0.3) is 0 Å². The van der Waals surface area contributed by atoms with Crippen molar-refractivity contribution >= 4 is 23.0 Å². The lowest BCUT2D eigenvalue weighted by molar-refractivity contribution is 0.185. The minimum atomic E-state index is 0.137. The molecule has 0 saturated heterocycles. The van der Waals surface area contributed by atoms with E-state index < -0.39 is 0 Å². The molecule has 170 valence electrons. The molecule has 0 radical (unpaired) electrons. The summed E-state index contributed by atoms with van der Waals surface area (Å²) in [6.45, 7) is 3.21. The summed E-state index contributed by atoms with van der Waals surface area (Å²) in [5, 5.41) is 11.9. The molecular weight excluding hydrogens is 434 g/mol. The van der Waals surface area contributed by atoms with Crippen LogP contribution in [0.15, 0.2) is 83.4 Å². The van der Waals surface area contributed by atoms with Crippen molar-refractivity contribution in [3.05, 3.63) is 101 Å². The molecule has 1 atom stereocenters. The molecule has 3 aromatic carbocycles. The molecule has 4 aromatic rings. The predicted octanol–water partition coefficient (Wildman–Crippen LogP) is 6.59. The van der Waals surface area contributed by atoms with Crippen LogP contribution in [0, 0.1) is 6.92 Å². The van der Waals surface area contributed by atoms with Crippen LogP contribution in [0.1, 0.15) is 16.9 Å². The normalized spacial score (nSPS) is 11.8. The number of hydrogen-bond acceptors (Lipinski definition) is 5. The van der Waals surface area contributed by atoms with E-state index in [4.69, 9.17) is 20.9 Å². The van der Waals surface area contributed by atoms with Gasteiger partial charge in [-0.25, -0.2) is 0 Å². The molecule has 0 saturated carbocycles. The number of para-hydroxylation sites is 2. The second-order valence-electron chi connectivity index (χ2n) is 8.04. The average molecular weight is 462 g/mol. The zero-order chi connectivity index (χ0) is 23.0. The van der Waals surface area contributed by atoms with E-state index in [9.17, 15) is 0 Å². The highest BCUT2D eigenvalue weighted by atomic mass is 35.5. The van der Waals surface area contributed by atoms with Crippen LogP contribution in [0.3, 0.4) is 0 Å². The second-order valence-corrected chi connectivity index (χ2v) is 8.45. The van der Waals surface area contributed by atoms with Crippen LogP contribution >= 0.6 is 11.6 Å². The third-order valence-electron chi connectivity index (χ3n) is 5.42. The maximum absolute atomic E-state index is 6.29. The SMILES string of the molecule is COCC(Cc1ccc(C)cc1)Nc1ccccc1NCc1cc(-c2ccccc2Cl)no1.